The fourth-order valence-electron chi connectivity index (χ4n) is 1.22. The maximum atomic E-state index is 10.5. The van der Waals surface area contributed by atoms with Crippen LogP contribution in [0.3, 0.4) is 0 Å². The van der Waals surface area contributed by atoms with Crippen molar-refractivity contribution in [3.63, 3.8) is 0 Å². The number of rotatable bonds is 1. The number of carboxylic acid groups (broad SMARTS) is 1. The van der Waals surface area contributed by atoms with E-state index in [1.807, 2.05) is 12.1 Å². The van der Waals surface area contributed by atoms with E-state index in [0.29, 0.717) is 0 Å². The molecule has 0 aliphatic heterocycles. The summed E-state index contributed by atoms with van der Waals surface area (Å²) in [5, 5.41) is 10.5. The number of aromatic carboxylic acids is 1. The normalized spacial score (nSPS) is 9.54. The van der Waals surface area contributed by atoms with Gasteiger partial charge in [-0.2, -0.15) is 0 Å². The Morgan fingerprint density at radius 1 is 1.23 bits per heavy atom. The quantitative estimate of drug-likeness (QED) is 0.434. The Morgan fingerprint density at radius 2 is 2.00 bits per heavy atom. The molecule has 0 radical (unpaired) electrons. The molecule has 0 bridgehead atoms. The molecule has 0 aliphatic carbocycles. The average molecular weight is 167 g/mol. The van der Waals surface area contributed by atoms with Crippen LogP contribution in [0.25, 0.3) is 5.52 Å². The van der Waals surface area contributed by atoms with Crippen LogP contribution >= 0.6 is 0 Å². The van der Waals surface area contributed by atoms with Crippen LogP contribution in [0.1, 0.15) is 10.5 Å². The van der Waals surface area contributed by atoms with Crippen LogP contribution in [0.15, 0.2) is 36.5 Å². The summed E-state index contributed by atoms with van der Waals surface area (Å²) in [5.41, 5.74) is 1.04. The number of nitrogens with zero attached hydrogens (tertiary/aromatic N) is 1. The van der Waals surface area contributed by atoms with Crippen molar-refractivity contribution in [3.8, 4) is 0 Å². The first kappa shape index (κ1) is 9.91. The van der Waals surface area contributed by atoms with E-state index in [9.17, 15) is 9.90 Å². The van der Waals surface area contributed by atoms with E-state index in [1.165, 1.54) is 6.07 Å². The van der Waals surface area contributed by atoms with Gasteiger partial charge in [-0.05, 0) is 24.3 Å². The Kier molecular flexibility index (Phi) is 2.82. The summed E-state index contributed by atoms with van der Waals surface area (Å²) >= 11 is 0. The van der Waals surface area contributed by atoms with Crippen LogP contribution in [-0.2, 0) is 0 Å². The smallest absolute Gasteiger partial charge is 0.543 e. The molecule has 4 heteroatoms. The predicted molar refractivity (Wildman–Crippen MR) is 41.7 cm³/mol. The van der Waals surface area contributed by atoms with E-state index >= 15 is 0 Å². The molecule has 0 N–H and O–H groups in total. The summed E-state index contributed by atoms with van der Waals surface area (Å²) in [5.74, 6) is -1.15. The molecule has 0 unspecified atom stereocenters. The molecule has 0 atom stereocenters. The van der Waals surface area contributed by atoms with E-state index in [4.69, 9.17) is 0 Å². The van der Waals surface area contributed by atoms with Gasteiger partial charge in [-0.1, -0.05) is 6.07 Å². The molecule has 0 aliphatic rings. The summed E-state index contributed by atoms with van der Waals surface area (Å²) in [7, 11) is 0. The van der Waals surface area contributed by atoms with Gasteiger partial charge in [0.1, 0.15) is 0 Å². The van der Waals surface area contributed by atoms with E-state index in [2.05, 4.69) is 0 Å². The predicted octanol–water partition coefficient (Wildman–Crippen LogP) is -2.69. The van der Waals surface area contributed by atoms with Crippen molar-refractivity contribution in [1.82, 2.24) is 4.40 Å². The number of aromatic nitrogens is 1. The third kappa shape index (κ3) is 1.62. The van der Waals surface area contributed by atoms with Gasteiger partial charge in [-0.25, -0.2) is 0 Å². The standard InChI is InChI=1S/C9H7NO2.Li/c11-9(12)8-5-4-7-3-1-2-6-10(7)8;/h1-6H,(H,11,12);/q;+1/p-1. The first-order valence-corrected chi connectivity index (χ1v) is 3.56. The Labute approximate surface area is 87.2 Å². The second-order valence-corrected chi connectivity index (χ2v) is 2.50. The van der Waals surface area contributed by atoms with Crippen molar-refractivity contribution >= 4 is 11.5 Å². The summed E-state index contributed by atoms with van der Waals surface area (Å²) < 4.78 is 1.58. The van der Waals surface area contributed by atoms with E-state index in [1.54, 1.807) is 22.7 Å². The number of hydrogen-bond acceptors (Lipinski definition) is 2. The summed E-state index contributed by atoms with van der Waals surface area (Å²) in [4.78, 5) is 10.5. The molecular formula is C9H6LiNO2. The Hall–Kier alpha value is -1.17. The van der Waals surface area contributed by atoms with Crippen molar-refractivity contribution in [1.29, 1.82) is 0 Å². The summed E-state index contributed by atoms with van der Waals surface area (Å²) in [6.07, 6.45) is 1.69. The van der Waals surface area contributed by atoms with Crippen LogP contribution < -0.4 is 24.0 Å². The second kappa shape index (κ2) is 3.69. The minimum Gasteiger partial charge on any atom is -0.543 e. The maximum Gasteiger partial charge on any atom is 1.00 e. The molecule has 0 spiro atoms. The summed E-state index contributed by atoms with van der Waals surface area (Å²) in [6.45, 7) is 0. The number of hydrogen-bond donors (Lipinski definition) is 0. The number of carboxylic acids is 1. The molecule has 13 heavy (non-hydrogen) atoms. The molecule has 0 fully saturated rings. The summed E-state index contributed by atoms with van der Waals surface area (Å²) in [6, 6.07) is 8.75. The van der Waals surface area contributed by atoms with Gasteiger partial charge >= 0.3 is 18.9 Å². The number of fused-ring (bicyclic) bond motifs is 1. The fourth-order valence-corrected chi connectivity index (χ4v) is 1.22. The van der Waals surface area contributed by atoms with Gasteiger partial charge in [0.15, 0.2) is 0 Å². The topological polar surface area (TPSA) is 44.5 Å². The number of carbonyl (C=O) groups is 1. The third-order valence-corrected chi connectivity index (χ3v) is 1.77. The first-order valence-electron chi connectivity index (χ1n) is 3.56. The van der Waals surface area contributed by atoms with Gasteiger partial charge in [-0.15, -0.1) is 0 Å². The minimum absolute atomic E-state index is 0. The zero-order valence-electron chi connectivity index (χ0n) is 7.23. The van der Waals surface area contributed by atoms with Gasteiger partial charge in [-0.3, -0.25) is 0 Å². The Bertz CT molecular complexity index is 436. The van der Waals surface area contributed by atoms with Crippen LogP contribution in [0, 0.1) is 0 Å². The van der Waals surface area contributed by atoms with Crippen molar-refractivity contribution in [2.75, 3.05) is 0 Å². The van der Waals surface area contributed by atoms with Crippen LogP contribution in [0.2, 0.25) is 0 Å². The number of carbonyl (C=O) groups excluding carboxylic acids is 1. The van der Waals surface area contributed by atoms with Crippen LogP contribution in [-0.4, -0.2) is 10.4 Å². The van der Waals surface area contributed by atoms with Gasteiger partial charge in [0.25, 0.3) is 0 Å². The van der Waals surface area contributed by atoms with Crippen LogP contribution in [0.5, 0.6) is 0 Å². The average Bonchev–Trinajstić information content (AvgIpc) is 2.47. The van der Waals surface area contributed by atoms with Gasteiger partial charge < -0.3 is 14.3 Å². The van der Waals surface area contributed by atoms with Gasteiger partial charge in [0, 0.05) is 11.7 Å². The zero-order valence-corrected chi connectivity index (χ0v) is 7.23. The van der Waals surface area contributed by atoms with E-state index < -0.39 is 5.97 Å². The molecule has 0 amide bonds. The first-order chi connectivity index (χ1) is 5.79. The van der Waals surface area contributed by atoms with Crippen molar-refractivity contribution < 1.29 is 28.8 Å². The minimum atomic E-state index is -1.15. The van der Waals surface area contributed by atoms with Crippen LogP contribution in [0.4, 0.5) is 0 Å². The molecule has 2 rings (SSSR count). The molecule has 2 aromatic rings. The third-order valence-electron chi connectivity index (χ3n) is 1.77. The molecule has 2 aromatic heterocycles. The van der Waals surface area contributed by atoms with Crippen molar-refractivity contribution in [2.24, 2.45) is 0 Å². The van der Waals surface area contributed by atoms with Gasteiger partial charge in [0.05, 0.1) is 11.7 Å². The Balaban J connectivity index is 0.000000845. The number of pyridine rings is 1. The monoisotopic (exact) mass is 167 g/mol. The largest absolute Gasteiger partial charge is 1.00 e. The fraction of sp³-hybridized carbons (Fsp3) is 0. The van der Waals surface area contributed by atoms with E-state index in [-0.39, 0.29) is 24.6 Å². The van der Waals surface area contributed by atoms with Gasteiger partial charge in [0.2, 0.25) is 0 Å². The SMILES string of the molecule is O=C([O-])c1ccc2ccccn12.[Li+]. The molecule has 0 saturated carbocycles. The second-order valence-electron chi connectivity index (χ2n) is 2.50. The molecule has 3 nitrogen and oxygen atoms in total. The maximum absolute atomic E-state index is 10.5. The van der Waals surface area contributed by atoms with E-state index in [0.717, 1.165) is 5.52 Å². The molecular weight excluding hydrogens is 161 g/mol. The van der Waals surface area contributed by atoms with Crippen molar-refractivity contribution in [2.45, 2.75) is 0 Å². The molecule has 60 valence electrons. The molecule has 2 heterocycles. The Morgan fingerprint density at radius 3 is 2.69 bits per heavy atom. The van der Waals surface area contributed by atoms with Crippen molar-refractivity contribution in [3.05, 3.63) is 42.2 Å². The zero-order chi connectivity index (χ0) is 8.55. The molecule has 0 aromatic carbocycles. The molecule has 0 saturated heterocycles.